The Morgan fingerprint density at radius 1 is 1.10 bits per heavy atom. The van der Waals surface area contributed by atoms with Crippen molar-refractivity contribution in [1.29, 1.82) is 0 Å². The van der Waals surface area contributed by atoms with Crippen molar-refractivity contribution in [3.63, 3.8) is 0 Å². The first-order valence-corrected chi connectivity index (χ1v) is 9.65. The van der Waals surface area contributed by atoms with Gasteiger partial charge in [0.15, 0.2) is 6.10 Å². The van der Waals surface area contributed by atoms with E-state index >= 15 is 0 Å². The van der Waals surface area contributed by atoms with Gasteiger partial charge in [0.25, 0.3) is 5.91 Å². The van der Waals surface area contributed by atoms with E-state index in [-0.39, 0.29) is 10.7 Å². The molecule has 1 atom stereocenters. The van der Waals surface area contributed by atoms with Crippen LogP contribution in [0.1, 0.15) is 28.5 Å². The molecule has 1 unspecified atom stereocenters. The topological polar surface area (TPSA) is 73.2 Å². The van der Waals surface area contributed by atoms with Gasteiger partial charge in [-0.25, -0.2) is 9.48 Å². The monoisotopic (exact) mass is 431 g/mol. The van der Waals surface area contributed by atoms with Crippen molar-refractivity contribution in [2.75, 3.05) is 5.32 Å². The van der Waals surface area contributed by atoms with E-state index in [0.717, 1.165) is 5.56 Å². The predicted molar refractivity (Wildman–Crippen MR) is 112 cm³/mol. The number of hydrogen-bond donors (Lipinski definition) is 1. The van der Waals surface area contributed by atoms with Gasteiger partial charge in [-0.05, 0) is 43.7 Å². The Hall–Kier alpha value is -2.83. The van der Waals surface area contributed by atoms with Gasteiger partial charge in [0.1, 0.15) is 10.7 Å². The summed E-state index contributed by atoms with van der Waals surface area (Å²) >= 11 is 12.2. The number of aryl methyl sites for hydroxylation is 1. The lowest BCUT2D eigenvalue weighted by Crippen LogP contribution is -2.30. The highest BCUT2D eigenvalue weighted by molar-refractivity contribution is 6.32. The van der Waals surface area contributed by atoms with Crippen LogP contribution in [0.4, 0.5) is 5.69 Å². The number of hydrogen-bond acceptors (Lipinski definition) is 4. The number of nitrogens with one attached hydrogen (secondary N) is 1. The average Bonchev–Trinajstić information content (AvgIpc) is 2.97. The van der Waals surface area contributed by atoms with E-state index in [2.05, 4.69) is 10.4 Å². The molecular formula is C21H19Cl2N3O3. The number of ether oxygens (including phenoxy) is 1. The Bertz CT molecular complexity index is 1020. The third-order valence-electron chi connectivity index (χ3n) is 4.21. The third-order valence-corrected chi connectivity index (χ3v) is 4.85. The van der Waals surface area contributed by atoms with Gasteiger partial charge in [-0.3, -0.25) is 4.79 Å². The van der Waals surface area contributed by atoms with Gasteiger partial charge < -0.3 is 10.1 Å². The van der Waals surface area contributed by atoms with Gasteiger partial charge in [0.05, 0.1) is 12.2 Å². The van der Waals surface area contributed by atoms with Crippen molar-refractivity contribution < 1.29 is 14.3 Å². The summed E-state index contributed by atoms with van der Waals surface area (Å²) in [7, 11) is 0. The lowest BCUT2D eigenvalue weighted by molar-refractivity contribution is -0.123. The van der Waals surface area contributed by atoms with E-state index in [1.54, 1.807) is 31.2 Å². The van der Waals surface area contributed by atoms with Gasteiger partial charge in [0, 0.05) is 10.7 Å². The third kappa shape index (κ3) is 5.16. The molecule has 0 radical (unpaired) electrons. The van der Waals surface area contributed by atoms with Crippen molar-refractivity contribution >= 4 is 40.8 Å². The Kier molecular flexibility index (Phi) is 6.56. The van der Waals surface area contributed by atoms with Crippen LogP contribution in [0.2, 0.25) is 10.2 Å². The maximum Gasteiger partial charge on any atom is 0.343 e. The summed E-state index contributed by atoms with van der Waals surface area (Å²) in [5, 5.41) is 7.71. The quantitative estimate of drug-likeness (QED) is 0.572. The summed E-state index contributed by atoms with van der Waals surface area (Å²) in [5.74, 6) is -1.17. The summed E-state index contributed by atoms with van der Waals surface area (Å²) in [6.07, 6.45) is -1.02. The molecule has 150 valence electrons. The molecular weight excluding hydrogens is 413 g/mol. The smallest absolute Gasteiger partial charge is 0.343 e. The fourth-order valence-corrected chi connectivity index (χ4v) is 3.13. The zero-order valence-corrected chi connectivity index (χ0v) is 17.4. The molecule has 0 aliphatic heterocycles. The first-order chi connectivity index (χ1) is 13.8. The molecule has 1 heterocycles. The molecule has 1 aromatic heterocycles. The van der Waals surface area contributed by atoms with Crippen molar-refractivity contribution in [3.05, 3.63) is 81.6 Å². The second-order valence-electron chi connectivity index (χ2n) is 6.44. The van der Waals surface area contributed by atoms with E-state index < -0.39 is 18.0 Å². The number of aromatic nitrogens is 2. The Balaban J connectivity index is 1.68. The number of nitrogens with zero attached hydrogens (tertiary/aromatic N) is 2. The molecule has 1 amide bonds. The van der Waals surface area contributed by atoms with Crippen molar-refractivity contribution in [3.8, 4) is 0 Å². The summed E-state index contributed by atoms with van der Waals surface area (Å²) in [6, 6.07) is 16.2. The number of carbonyl (C=O) groups is 2. The van der Waals surface area contributed by atoms with Crippen LogP contribution < -0.4 is 5.32 Å². The van der Waals surface area contributed by atoms with Crippen molar-refractivity contribution in [2.24, 2.45) is 0 Å². The second-order valence-corrected chi connectivity index (χ2v) is 7.23. The van der Waals surface area contributed by atoms with Gasteiger partial charge >= 0.3 is 5.97 Å². The zero-order valence-electron chi connectivity index (χ0n) is 15.9. The second kappa shape index (κ2) is 9.11. The standard InChI is InChI=1S/C21H19Cl2N3O3/c1-13-18(19(23)26(25-13)12-15-6-4-3-5-7-15)21(28)29-14(2)20(27)24-17-10-8-16(22)9-11-17/h3-11,14H,12H2,1-2H3,(H,24,27). The number of anilines is 1. The minimum absolute atomic E-state index is 0.147. The fourth-order valence-electron chi connectivity index (χ4n) is 2.70. The highest BCUT2D eigenvalue weighted by Crippen LogP contribution is 2.23. The minimum Gasteiger partial charge on any atom is -0.449 e. The summed E-state index contributed by atoms with van der Waals surface area (Å²) in [4.78, 5) is 24.9. The molecule has 0 aliphatic carbocycles. The van der Waals surface area contributed by atoms with Crippen LogP contribution in [-0.4, -0.2) is 27.8 Å². The normalized spacial score (nSPS) is 11.7. The Morgan fingerprint density at radius 3 is 2.41 bits per heavy atom. The number of benzene rings is 2. The van der Waals surface area contributed by atoms with Crippen LogP contribution in [0.15, 0.2) is 54.6 Å². The van der Waals surface area contributed by atoms with Crippen molar-refractivity contribution in [1.82, 2.24) is 9.78 Å². The highest BCUT2D eigenvalue weighted by atomic mass is 35.5. The van der Waals surface area contributed by atoms with E-state index in [9.17, 15) is 9.59 Å². The Labute approximate surface area is 178 Å². The SMILES string of the molecule is Cc1nn(Cc2ccccc2)c(Cl)c1C(=O)OC(C)C(=O)Nc1ccc(Cl)cc1. The van der Waals surface area contributed by atoms with Crippen molar-refractivity contribution in [2.45, 2.75) is 26.5 Å². The summed E-state index contributed by atoms with van der Waals surface area (Å²) in [6.45, 7) is 3.57. The largest absolute Gasteiger partial charge is 0.449 e. The summed E-state index contributed by atoms with van der Waals surface area (Å²) in [5.41, 5.74) is 2.12. The van der Waals surface area contributed by atoms with Gasteiger partial charge in [-0.2, -0.15) is 5.10 Å². The van der Waals surface area contributed by atoms with E-state index in [0.29, 0.717) is 22.9 Å². The molecule has 0 fully saturated rings. The number of rotatable bonds is 6. The number of halogens is 2. The molecule has 0 saturated heterocycles. The molecule has 1 N–H and O–H groups in total. The van der Waals surface area contributed by atoms with Crippen LogP contribution >= 0.6 is 23.2 Å². The number of esters is 1. The number of amides is 1. The maximum atomic E-state index is 12.6. The van der Waals surface area contributed by atoms with E-state index in [4.69, 9.17) is 27.9 Å². The van der Waals surface area contributed by atoms with Crippen LogP contribution in [0.3, 0.4) is 0 Å². The average molecular weight is 432 g/mol. The lowest BCUT2D eigenvalue weighted by atomic mass is 10.2. The first kappa shape index (κ1) is 20.9. The Morgan fingerprint density at radius 2 is 1.76 bits per heavy atom. The first-order valence-electron chi connectivity index (χ1n) is 8.89. The van der Waals surface area contributed by atoms with Crippen LogP contribution in [0.5, 0.6) is 0 Å². The zero-order chi connectivity index (χ0) is 21.0. The van der Waals surface area contributed by atoms with Gasteiger partial charge in [-0.15, -0.1) is 0 Å². The van der Waals surface area contributed by atoms with Crippen LogP contribution in [0, 0.1) is 6.92 Å². The van der Waals surface area contributed by atoms with Gasteiger partial charge in [-0.1, -0.05) is 53.5 Å². The van der Waals surface area contributed by atoms with E-state index in [1.165, 1.54) is 11.6 Å². The highest BCUT2D eigenvalue weighted by Gasteiger charge is 2.25. The summed E-state index contributed by atoms with van der Waals surface area (Å²) < 4.78 is 6.83. The predicted octanol–water partition coefficient (Wildman–Crippen LogP) is 4.73. The molecule has 3 rings (SSSR count). The maximum absolute atomic E-state index is 12.6. The molecule has 6 nitrogen and oxygen atoms in total. The van der Waals surface area contributed by atoms with E-state index in [1.807, 2.05) is 30.3 Å². The van der Waals surface area contributed by atoms with Crippen LogP contribution in [0.25, 0.3) is 0 Å². The molecule has 29 heavy (non-hydrogen) atoms. The molecule has 2 aromatic carbocycles. The fraction of sp³-hybridized carbons (Fsp3) is 0.190. The number of carbonyl (C=O) groups excluding carboxylic acids is 2. The molecule has 8 heteroatoms. The van der Waals surface area contributed by atoms with Crippen LogP contribution in [-0.2, 0) is 16.1 Å². The molecule has 3 aromatic rings. The molecule has 0 aliphatic rings. The lowest BCUT2D eigenvalue weighted by Gasteiger charge is -2.13. The molecule has 0 spiro atoms. The molecule has 0 bridgehead atoms. The minimum atomic E-state index is -1.02. The molecule has 0 saturated carbocycles. The van der Waals surface area contributed by atoms with Gasteiger partial charge in [0.2, 0.25) is 0 Å².